The van der Waals surface area contributed by atoms with Gasteiger partial charge in [-0.15, -0.1) is 0 Å². The van der Waals surface area contributed by atoms with Gasteiger partial charge in [0.2, 0.25) is 5.91 Å². The first-order chi connectivity index (χ1) is 15.0. The number of fused-ring (bicyclic) bond motifs is 1. The van der Waals surface area contributed by atoms with Gasteiger partial charge in [-0.3, -0.25) is 15.0 Å². The molecule has 166 valence electrons. The number of likely N-dealkylation sites (tertiary alicyclic amines) is 1. The molecule has 9 heteroatoms. The average Bonchev–Trinajstić information content (AvgIpc) is 3.21. The third kappa shape index (κ3) is 5.04. The summed E-state index contributed by atoms with van der Waals surface area (Å²) in [6, 6.07) is 6.55. The summed E-state index contributed by atoms with van der Waals surface area (Å²) in [5.41, 5.74) is 1.25. The molecule has 3 heterocycles. The standard InChI is InChI=1S/C22H27N3O5S/c1-2-29-22(28)23-16-5-6-17-15(12-20(26)30-19(17)13-16)14-25-7-3-4-18(25)21(27)24-8-10-31-11-9-24/h5-6,12-13,18H,2-4,7-11,14H2,1H3,(H,23,28). The van der Waals surface area contributed by atoms with E-state index in [0.29, 0.717) is 17.8 Å². The van der Waals surface area contributed by atoms with Crippen LogP contribution in [0.5, 0.6) is 0 Å². The first-order valence-corrected chi connectivity index (χ1v) is 11.8. The highest BCUT2D eigenvalue weighted by Crippen LogP contribution is 2.27. The minimum Gasteiger partial charge on any atom is -0.450 e. The van der Waals surface area contributed by atoms with Gasteiger partial charge in [-0.05, 0) is 44.0 Å². The van der Waals surface area contributed by atoms with Gasteiger partial charge in [0.05, 0.1) is 12.6 Å². The molecular weight excluding hydrogens is 418 g/mol. The summed E-state index contributed by atoms with van der Waals surface area (Å²) in [7, 11) is 0. The van der Waals surface area contributed by atoms with Crippen molar-refractivity contribution >= 4 is 40.4 Å². The summed E-state index contributed by atoms with van der Waals surface area (Å²) in [5.74, 6) is 2.18. The van der Waals surface area contributed by atoms with E-state index >= 15 is 0 Å². The highest BCUT2D eigenvalue weighted by atomic mass is 32.2. The summed E-state index contributed by atoms with van der Waals surface area (Å²) < 4.78 is 10.3. The molecule has 0 spiro atoms. The molecular formula is C22H27N3O5S. The van der Waals surface area contributed by atoms with E-state index in [1.54, 1.807) is 19.1 Å². The van der Waals surface area contributed by atoms with Crippen LogP contribution in [0.1, 0.15) is 25.3 Å². The largest absolute Gasteiger partial charge is 0.450 e. The predicted octanol–water partition coefficient (Wildman–Crippen LogP) is 2.90. The SMILES string of the molecule is CCOC(=O)Nc1ccc2c(CN3CCCC3C(=O)N3CCSCC3)cc(=O)oc2c1. The number of carbonyl (C=O) groups is 2. The van der Waals surface area contributed by atoms with E-state index in [2.05, 4.69) is 10.2 Å². The lowest BCUT2D eigenvalue weighted by Crippen LogP contribution is -2.48. The number of carbonyl (C=O) groups excluding carboxylic acids is 2. The molecule has 0 bridgehead atoms. The van der Waals surface area contributed by atoms with E-state index in [0.717, 1.165) is 54.9 Å². The zero-order valence-electron chi connectivity index (χ0n) is 17.6. The number of benzene rings is 1. The molecule has 2 aliphatic heterocycles. The van der Waals surface area contributed by atoms with Crippen molar-refractivity contribution in [1.29, 1.82) is 0 Å². The minimum atomic E-state index is -0.560. The molecule has 1 aromatic heterocycles. The second-order valence-corrected chi connectivity index (χ2v) is 8.94. The zero-order chi connectivity index (χ0) is 21.8. The Kier molecular flexibility index (Phi) is 6.82. The molecule has 2 saturated heterocycles. The van der Waals surface area contributed by atoms with Crippen molar-refractivity contribution in [2.75, 3.05) is 43.1 Å². The molecule has 2 aliphatic rings. The molecule has 2 amide bonds. The van der Waals surface area contributed by atoms with E-state index in [1.807, 2.05) is 22.7 Å². The highest BCUT2D eigenvalue weighted by Gasteiger charge is 2.34. The third-order valence-electron chi connectivity index (χ3n) is 5.70. The third-order valence-corrected chi connectivity index (χ3v) is 6.64. The number of nitrogens with one attached hydrogen (secondary N) is 1. The van der Waals surface area contributed by atoms with Crippen LogP contribution in [0.3, 0.4) is 0 Å². The minimum absolute atomic E-state index is 0.143. The Labute approximate surface area is 184 Å². The summed E-state index contributed by atoms with van der Waals surface area (Å²) in [5, 5.41) is 3.41. The Morgan fingerprint density at radius 1 is 1.23 bits per heavy atom. The molecule has 1 atom stereocenters. The highest BCUT2D eigenvalue weighted by molar-refractivity contribution is 7.99. The molecule has 0 saturated carbocycles. The van der Waals surface area contributed by atoms with Crippen LogP contribution in [-0.4, -0.2) is 65.6 Å². The van der Waals surface area contributed by atoms with Crippen LogP contribution in [-0.2, 0) is 16.1 Å². The van der Waals surface area contributed by atoms with Crippen molar-refractivity contribution in [2.45, 2.75) is 32.4 Å². The van der Waals surface area contributed by atoms with Gasteiger partial charge in [0.1, 0.15) is 5.58 Å². The summed E-state index contributed by atoms with van der Waals surface area (Å²) in [6.45, 7) is 4.94. The molecule has 31 heavy (non-hydrogen) atoms. The van der Waals surface area contributed by atoms with Gasteiger partial charge in [0.25, 0.3) is 0 Å². The molecule has 4 rings (SSSR count). The number of hydrogen-bond acceptors (Lipinski definition) is 7. The van der Waals surface area contributed by atoms with Crippen LogP contribution in [0.25, 0.3) is 11.0 Å². The Balaban J connectivity index is 1.55. The number of ether oxygens (including phenoxy) is 1. The van der Waals surface area contributed by atoms with Crippen molar-refractivity contribution in [2.24, 2.45) is 0 Å². The van der Waals surface area contributed by atoms with Gasteiger partial charge in [-0.25, -0.2) is 9.59 Å². The van der Waals surface area contributed by atoms with Gasteiger partial charge >= 0.3 is 11.7 Å². The van der Waals surface area contributed by atoms with E-state index < -0.39 is 11.7 Å². The predicted molar refractivity (Wildman–Crippen MR) is 120 cm³/mol. The topological polar surface area (TPSA) is 92.1 Å². The van der Waals surface area contributed by atoms with Gasteiger partial charge in [0, 0.05) is 54.3 Å². The number of anilines is 1. The van der Waals surface area contributed by atoms with Gasteiger partial charge in [-0.2, -0.15) is 11.8 Å². The van der Waals surface area contributed by atoms with E-state index in [4.69, 9.17) is 9.15 Å². The maximum atomic E-state index is 13.1. The number of amides is 2. The fourth-order valence-corrected chi connectivity index (χ4v) is 5.13. The first-order valence-electron chi connectivity index (χ1n) is 10.7. The number of nitrogens with zero attached hydrogens (tertiary/aromatic N) is 2. The van der Waals surface area contributed by atoms with Crippen LogP contribution in [0.15, 0.2) is 33.5 Å². The maximum Gasteiger partial charge on any atom is 0.411 e. The second-order valence-electron chi connectivity index (χ2n) is 7.71. The molecule has 0 radical (unpaired) electrons. The van der Waals surface area contributed by atoms with Crippen LogP contribution in [0.4, 0.5) is 10.5 Å². The fourth-order valence-electron chi connectivity index (χ4n) is 4.23. The lowest BCUT2D eigenvalue weighted by Gasteiger charge is -2.32. The Bertz CT molecular complexity index is 1020. The Morgan fingerprint density at radius 2 is 2.03 bits per heavy atom. The first kappa shape index (κ1) is 21.7. The summed E-state index contributed by atoms with van der Waals surface area (Å²) in [4.78, 5) is 41.1. The molecule has 1 aromatic carbocycles. The van der Waals surface area contributed by atoms with Crippen molar-refractivity contribution in [3.05, 3.63) is 40.2 Å². The van der Waals surface area contributed by atoms with E-state index in [1.165, 1.54) is 6.07 Å². The normalized spacial score (nSPS) is 19.5. The van der Waals surface area contributed by atoms with Crippen LogP contribution in [0, 0.1) is 0 Å². The van der Waals surface area contributed by atoms with E-state index in [9.17, 15) is 14.4 Å². The van der Waals surface area contributed by atoms with Gasteiger partial charge in [-0.1, -0.05) is 0 Å². The van der Waals surface area contributed by atoms with Crippen molar-refractivity contribution in [1.82, 2.24) is 9.80 Å². The monoisotopic (exact) mass is 445 g/mol. The fraction of sp³-hybridized carbons (Fsp3) is 0.500. The molecule has 2 fully saturated rings. The van der Waals surface area contributed by atoms with Crippen molar-refractivity contribution < 1.29 is 18.7 Å². The Hall–Kier alpha value is -2.52. The van der Waals surface area contributed by atoms with Crippen molar-refractivity contribution in [3.63, 3.8) is 0 Å². The molecule has 1 unspecified atom stereocenters. The smallest absolute Gasteiger partial charge is 0.411 e. The summed E-state index contributed by atoms with van der Waals surface area (Å²) >= 11 is 1.89. The number of hydrogen-bond donors (Lipinski definition) is 1. The van der Waals surface area contributed by atoms with E-state index in [-0.39, 0.29) is 18.6 Å². The lowest BCUT2D eigenvalue weighted by atomic mass is 10.1. The summed E-state index contributed by atoms with van der Waals surface area (Å²) in [6.07, 6.45) is 1.25. The molecule has 0 aliphatic carbocycles. The van der Waals surface area contributed by atoms with Crippen LogP contribution in [0.2, 0.25) is 0 Å². The second kappa shape index (κ2) is 9.74. The molecule has 1 N–H and O–H groups in total. The molecule has 2 aromatic rings. The van der Waals surface area contributed by atoms with Crippen LogP contribution < -0.4 is 10.9 Å². The Morgan fingerprint density at radius 3 is 2.81 bits per heavy atom. The number of rotatable bonds is 5. The quantitative estimate of drug-likeness (QED) is 0.708. The lowest BCUT2D eigenvalue weighted by molar-refractivity contribution is -0.135. The number of thioether (sulfide) groups is 1. The average molecular weight is 446 g/mol. The van der Waals surface area contributed by atoms with Gasteiger partial charge < -0.3 is 14.1 Å². The van der Waals surface area contributed by atoms with Crippen molar-refractivity contribution in [3.8, 4) is 0 Å². The zero-order valence-corrected chi connectivity index (χ0v) is 18.4. The maximum absolute atomic E-state index is 13.1. The molecule has 8 nitrogen and oxygen atoms in total. The van der Waals surface area contributed by atoms with Gasteiger partial charge in [0.15, 0.2) is 0 Å². The van der Waals surface area contributed by atoms with Crippen LogP contribution >= 0.6 is 11.8 Å².